The molecule has 0 saturated carbocycles. The van der Waals surface area contributed by atoms with Crippen LogP contribution in [-0.2, 0) is 16.0 Å². The lowest BCUT2D eigenvalue weighted by molar-refractivity contribution is -0.143. The van der Waals surface area contributed by atoms with Crippen LogP contribution >= 0.6 is 0 Å². The molecule has 0 aliphatic rings. The third-order valence-corrected chi connectivity index (χ3v) is 4.92. The first-order chi connectivity index (χ1) is 13.1. The SMILES string of the molecule is CCN(CC)CCOC(=O)Cc1ccc2c(=O)c3ccccc3ccc2c1. The smallest absolute Gasteiger partial charge is 0.310 e. The zero-order chi connectivity index (χ0) is 19.2. The van der Waals surface area contributed by atoms with Gasteiger partial charge in [-0.25, -0.2) is 0 Å². The first-order valence-electron chi connectivity index (χ1n) is 9.45. The van der Waals surface area contributed by atoms with E-state index in [2.05, 4.69) is 18.7 Å². The van der Waals surface area contributed by atoms with Gasteiger partial charge in [0.25, 0.3) is 0 Å². The Morgan fingerprint density at radius 1 is 0.926 bits per heavy atom. The van der Waals surface area contributed by atoms with E-state index in [1.165, 1.54) is 0 Å². The third-order valence-electron chi connectivity index (χ3n) is 4.92. The summed E-state index contributed by atoms with van der Waals surface area (Å²) in [6, 6.07) is 17.0. The zero-order valence-electron chi connectivity index (χ0n) is 15.9. The molecule has 0 aliphatic carbocycles. The van der Waals surface area contributed by atoms with Gasteiger partial charge in [0.1, 0.15) is 6.61 Å². The minimum absolute atomic E-state index is 0.0129. The molecule has 140 valence electrons. The number of hydrogen-bond acceptors (Lipinski definition) is 4. The van der Waals surface area contributed by atoms with E-state index < -0.39 is 0 Å². The van der Waals surface area contributed by atoms with Gasteiger partial charge in [0, 0.05) is 17.3 Å². The molecule has 0 fully saturated rings. The molecule has 0 radical (unpaired) electrons. The van der Waals surface area contributed by atoms with Crippen LogP contribution in [-0.4, -0.2) is 37.1 Å². The van der Waals surface area contributed by atoms with E-state index >= 15 is 0 Å². The second-order valence-electron chi connectivity index (χ2n) is 6.60. The molecule has 4 heteroatoms. The number of fused-ring (bicyclic) bond motifs is 2. The summed E-state index contributed by atoms with van der Waals surface area (Å²) in [7, 11) is 0. The number of rotatable bonds is 7. The van der Waals surface area contributed by atoms with Gasteiger partial charge in [-0.05, 0) is 29.4 Å². The maximum Gasteiger partial charge on any atom is 0.310 e. The molecule has 0 saturated heterocycles. The van der Waals surface area contributed by atoms with Crippen molar-refractivity contribution >= 4 is 27.5 Å². The molecule has 0 atom stereocenters. The van der Waals surface area contributed by atoms with E-state index in [1.807, 2.05) is 54.6 Å². The lowest BCUT2D eigenvalue weighted by Gasteiger charge is -2.17. The lowest BCUT2D eigenvalue weighted by atomic mass is 10.1. The number of carbonyl (C=O) groups excluding carboxylic acids is 1. The van der Waals surface area contributed by atoms with Crippen LogP contribution in [0.2, 0.25) is 0 Å². The normalized spacial score (nSPS) is 11.2. The van der Waals surface area contributed by atoms with Crippen LogP contribution in [0.1, 0.15) is 19.4 Å². The summed E-state index contributed by atoms with van der Waals surface area (Å²) >= 11 is 0. The summed E-state index contributed by atoms with van der Waals surface area (Å²) in [6.45, 7) is 7.23. The average Bonchev–Trinajstić information content (AvgIpc) is 2.82. The van der Waals surface area contributed by atoms with E-state index in [0.717, 1.165) is 36.0 Å². The Morgan fingerprint density at radius 3 is 2.41 bits per heavy atom. The summed E-state index contributed by atoms with van der Waals surface area (Å²) in [5.41, 5.74) is 0.865. The molecule has 3 aromatic carbocycles. The van der Waals surface area contributed by atoms with E-state index in [-0.39, 0.29) is 17.8 Å². The molecule has 0 aromatic heterocycles. The largest absolute Gasteiger partial charge is 0.464 e. The van der Waals surface area contributed by atoms with Crippen molar-refractivity contribution in [2.45, 2.75) is 20.3 Å². The highest BCUT2D eigenvalue weighted by atomic mass is 16.5. The fraction of sp³-hybridized carbons (Fsp3) is 0.304. The second-order valence-corrected chi connectivity index (χ2v) is 6.60. The van der Waals surface area contributed by atoms with Crippen molar-refractivity contribution in [1.29, 1.82) is 0 Å². The van der Waals surface area contributed by atoms with Crippen LogP contribution in [0.5, 0.6) is 0 Å². The standard InChI is InChI=1S/C23H25NO3/c1-3-24(4-2)13-14-27-22(25)16-17-9-12-21-19(15-17)11-10-18-7-5-6-8-20(18)23(21)26/h5-12,15H,3-4,13-14,16H2,1-2H3. The predicted molar refractivity (Wildman–Crippen MR) is 110 cm³/mol. The fourth-order valence-electron chi connectivity index (χ4n) is 3.29. The van der Waals surface area contributed by atoms with Crippen LogP contribution < -0.4 is 5.43 Å². The van der Waals surface area contributed by atoms with Gasteiger partial charge in [-0.2, -0.15) is 0 Å². The van der Waals surface area contributed by atoms with Crippen LogP contribution in [0.3, 0.4) is 0 Å². The number of likely N-dealkylation sites (N-methyl/N-ethyl adjacent to an activating group) is 1. The van der Waals surface area contributed by atoms with Crippen molar-refractivity contribution in [3.05, 3.63) is 70.4 Å². The zero-order valence-corrected chi connectivity index (χ0v) is 15.9. The van der Waals surface area contributed by atoms with Crippen molar-refractivity contribution in [1.82, 2.24) is 4.90 Å². The number of carbonyl (C=O) groups is 1. The molecular formula is C23H25NO3. The van der Waals surface area contributed by atoms with Gasteiger partial charge in [0.15, 0.2) is 5.43 Å². The van der Waals surface area contributed by atoms with Gasteiger partial charge in [-0.15, -0.1) is 0 Å². The van der Waals surface area contributed by atoms with Crippen LogP contribution in [0, 0.1) is 0 Å². The van der Waals surface area contributed by atoms with E-state index in [1.54, 1.807) is 0 Å². The molecule has 0 bridgehead atoms. The molecule has 0 spiro atoms. The second kappa shape index (κ2) is 8.78. The van der Waals surface area contributed by atoms with Crippen molar-refractivity contribution in [3.63, 3.8) is 0 Å². The van der Waals surface area contributed by atoms with Crippen LogP contribution in [0.25, 0.3) is 21.5 Å². The molecule has 27 heavy (non-hydrogen) atoms. The van der Waals surface area contributed by atoms with Gasteiger partial charge in [0.2, 0.25) is 0 Å². The highest BCUT2D eigenvalue weighted by Crippen LogP contribution is 2.17. The summed E-state index contributed by atoms with van der Waals surface area (Å²) in [4.78, 5) is 27.1. The first-order valence-corrected chi connectivity index (χ1v) is 9.45. The average molecular weight is 363 g/mol. The van der Waals surface area contributed by atoms with Gasteiger partial charge < -0.3 is 9.64 Å². The Bertz CT molecular complexity index is 1010. The quantitative estimate of drug-likeness (QED) is 0.600. The topological polar surface area (TPSA) is 46.6 Å². The lowest BCUT2D eigenvalue weighted by Crippen LogP contribution is -2.28. The van der Waals surface area contributed by atoms with Crippen LogP contribution in [0.15, 0.2) is 59.4 Å². The Balaban J connectivity index is 1.78. The van der Waals surface area contributed by atoms with Crippen molar-refractivity contribution in [3.8, 4) is 0 Å². The molecular weight excluding hydrogens is 338 g/mol. The number of ether oxygens (including phenoxy) is 1. The molecule has 4 nitrogen and oxygen atoms in total. The Hall–Kier alpha value is -2.72. The van der Waals surface area contributed by atoms with Gasteiger partial charge in [-0.1, -0.05) is 68.4 Å². The number of esters is 1. The highest BCUT2D eigenvalue weighted by molar-refractivity contribution is 5.93. The number of nitrogens with zero attached hydrogens (tertiary/aromatic N) is 1. The number of benzene rings is 2. The molecule has 0 heterocycles. The van der Waals surface area contributed by atoms with Crippen molar-refractivity contribution < 1.29 is 9.53 Å². The first kappa shape index (κ1) is 19.1. The van der Waals surface area contributed by atoms with Crippen LogP contribution in [0.4, 0.5) is 0 Å². The molecule has 0 unspecified atom stereocenters. The molecule has 0 amide bonds. The summed E-state index contributed by atoms with van der Waals surface area (Å²) in [5, 5.41) is 3.12. The number of hydrogen-bond donors (Lipinski definition) is 0. The van der Waals surface area contributed by atoms with Gasteiger partial charge in [0.05, 0.1) is 6.42 Å². The summed E-state index contributed by atoms with van der Waals surface area (Å²) in [5.74, 6) is -0.241. The Morgan fingerprint density at radius 2 is 1.63 bits per heavy atom. The Labute approximate surface area is 159 Å². The van der Waals surface area contributed by atoms with Gasteiger partial charge >= 0.3 is 5.97 Å². The molecule has 0 aliphatic heterocycles. The molecule has 3 aromatic rings. The van der Waals surface area contributed by atoms with Gasteiger partial charge in [-0.3, -0.25) is 9.59 Å². The fourth-order valence-corrected chi connectivity index (χ4v) is 3.29. The third kappa shape index (κ3) is 4.52. The monoisotopic (exact) mass is 363 g/mol. The minimum Gasteiger partial charge on any atom is -0.464 e. The summed E-state index contributed by atoms with van der Waals surface area (Å²) < 4.78 is 5.36. The molecule has 0 N–H and O–H groups in total. The maximum absolute atomic E-state index is 12.8. The Kier molecular flexibility index (Phi) is 6.20. The molecule has 3 rings (SSSR count). The van der Waals surface area contributed by atoms with E-state index in [9.17, 15) is 9.59 Å². The van der Waals surface area contributed by atoms with E-state index in [0.29, 0.717) is 17.4 Å². The van der Waals surface area contributed by atoms with Crippen molar-refractivity contribution in [2.24, 2.45) is 0 Å². The maximum atomic E-state index is 12.8. The predicted octanol–water partition coefficient (Wildman–Crippen LogP) is 3.78. The van der Waals surface area contributed by atoms with E-state index in [4.69, 9.17) is 4.74 Å². The summed E-state index contributed by atoms with van der Waals surface area (Å²) in [6.07, 6.45) is 0.209. The van der Waals surface area contributed by atoms with Crippen molar-refractivity contribution in [2.75, 3.05) is 26.2 Å². The highest BCUT2D eigenvalue weighted by Gasteiger charge is 2.08. The minimum atomic E-state index is -0.241.